The van der Waals surface area contributed by atoms with Crippen molar-refractivity contribution < 1.29 is 18.0 Å². The Morgan fingerprint density at radius 3 is 2.86 bits per heavy atom. The third-order valence-electron chi connectivity index (χ3n) is 3.39. The summed E-state index contributed by atoms with van der Waals surface area (Å²) in [5.41, 5.74) is 2.43. The van der Waals surface area contributed by atoms with Gasteiger partial charge in [-0.25, -0.2) is 10.8 Å². The molecule has 5 nitrogen and oxygen atoms in total. The summed E-state index contributed by atoms with van der Waals surface area (Å²) < 4.78 is 38.9. The third-order valence-corrected chi connectivity index (χ3v) is 3.83. The average Bonchev–Trinajstić information content (AvgIpc) is 2.45. The van der Waals surface area contributed by atoms with Crippen LogP contribution in [0.4, 0.5) is 19.0 Å². The number of pyridine rings is 1. The van der Waals surface area contributed by atoms with Crippen LogP contribution in [0.15, 0.2) is 16.7 Å². The molecule has 0 aromatic carbocycles. The molecule has 0 bridgehead atoms. The largest absolute Gasteiger partial charge is 0.393 e. The van der Waals surface area contributed by atoms with E-state index in [0.29, 0.717) is 17.4 Å². The molecule has 0 spiro atoms. The first-order chi connectivity index (χ1) is 9.82. The second-order valence-electron chi connectivity index (χ2n) is 4.83. The molecule has 1 unspecified atom stereocenters. The predicted molar refractivity (Wildman–Crippen MR) is 74.4 cm³/mol. The SMILES string of the molecule is NNc1ncc(Br)cc1C(=O)N1CCCC(C(F)(F)F)C1. The van der Waals surface area contributed by atoms with Gasteiger partial charge in [-0.15, -0.1) is 0 Å². The lowest BCUT2D eigenvalue weighted by atomic mass is 9.97. The Hall–Kier alpha value is -1.35. The Kier molecular flexibility index (Phi) is 4.72. The number of hydrogen-bond donors (Lipinski definition) is 2. The van der Waals surface area contributed by atoms with Crippen LogP contribution in [0.3, 0.4) is 0 Å². The van der Waals surface area contributed by atoms with Gasteiger partial charge in [0.15, 0.2) is 5.82 Å². The third kappa shape index (κ3) is 3.65. The molecule has 0 radical (unpaired) electrons. The number of nitrogens with two attached hydrogens (primary N) is 1. The van der Waals surface area contributed by atoms with E-state index >= 15 is 0 Å². The van der Waals surface area contributed by atoms with Gasteiger partial charge in [0, 0.05) is 23.8 Å². The van der Waals surface area contributed by atoms with E-state index in [2.05, 4.69) is 26.3 Å². The zero-order valence-corrected chi connectivity index (χ0v) is 12.5. The molecule has 0 saturated carbocycles. The van der Waals surface area contributed by atoms with Crippen molar-refractivity contribution in [1.29, 1.82) is 0 Å². The van der Waals surface area contributed by atoms with Gasteiger partial charge in [0.25, 0.3) is 5.91 Å². The molecule has 1 atom stereocenters. The summed E-state index contributed by atoms with van der Waals surface area (Å²) in [5.74, 6) is 3.43. The first-order valence-corrected chi connectivity index (χ1v) is 7.10. The number of likely N-dealkylation sites (tertiary alicyclic amines) is 1. The van der Waals surface area contributed by atoms with Crippen LogP contribution in [0.2, 0.25) is 0 Å². The molecule has 21 heavy (non-hydrogen) atoms. The number of carbonyl (C=O) groups excluding carboxylic acids is 1. The second kappa shape index (κ2) is 6.18. The van der Waals surface area contributed by atoms with Gasteiger partial charge < -0.3 is 10.3 Å². The first kappa shape index (κ1) is 16.0. The minimum atomic E-state index is -4.29. The highest BCUT2D eigenvalue weighted by molar-refractivity contribution is 9.10. The van der Waals surface area contributed by atoms with E-state index in [1.807, 2.05) is 0 Å². The van der Waals surface area contributed by atoms with Gasteiger partial charge in [-0.1, -0.05) is 0 Å². The van der Waals surface area contributed by atoms with Gasteiger partial charge in [0.05, 0.1) is 11.5 Å². The lowest BCUT2D eigenvalue weighted by Gasteiger charge is -2.34. The summed E-state index contributed by atoms with van der Waals surface area (Å²) in [4.78, 5) is 17.5. The maximum Gasteiger partial charge on any atom is 0.393 e. The molecule has 1 fully saturated rings. The van der Waals surface area contributed by atoms with Gasteiger partial charge in [0.1, 0.15) is 0 Å². The molecule has 0 aliphatic carbocycles. The van der Waals surface area contributed by atoms with Gasteiger partial charge >= 0.3 is 6.18 Å². The molecule has 116 valence electrons. The van der Waals surface area contributed by atoms with E-state index < -0.39 is 18.0 Å². The highest BCUT2D eigenvalue weighted by Crippen LogP contribution is 2.34. The van der Waals surface area contributed by atoms with E-state index in [4.69, 9.17) is 5.84 Å². The first-order valence-electron chi connectivity index (χ1n) is 6.31. The van der Waals surface area contributed by atoms with Crippen molar-refractivity contribution in [2.75, 3.05) is 18.5 Å². The number of hydrogen-bond acceptors (Lipinski definition) is 4. The number of nitrogens with one attached hydrogen (secondary N) is 1. The summed E-state index contributed by atoms with van der Waals surface area (Å²) in [6.07, 6.45) is -2.47. The lowest BCUT2D eigenvalue weighted by Crippen LogP contribution is -2.44. The molecule has 1 aromatic heterocycles. The van der Waals surface area contributed by atoms with Crippen LogP contribution in [-0.4, -0.2) is 35.1 Å². The minimum Gasteiger partial charge on any atom is -0.338 e. The van der Waals surface area contributed by atoms with Crippen molar-refractivity contribution in [2.45, 2.75) is 19.0 Å². The van der Waals surface area contributed by atoms with Crippen molar-refractivity contribution in [2.24, 2.45) is 11.8 Å². The molecule has 1 amide bonds. The molecule has 2 heterocycles. The Morgan fingerprint density at radius 2 is 2.24 bits per heavy atom. The van der Waals surface area contributed by atoms with Gasteiger partial charge in [-0.2, -0.15) is 13.2 Å². The Labute approximate surface area is 127 Å². The summed E-state index contributed by atoms with van der Waals surface area (Å²) in [5, 5.41) is 0. The Morgan fingerprint density at radius 1 is 1.52 bits per heavy atom. The average molecular weight is 367 g/mol. The molecule has 1 saturated heterocycles. The number of alkyl halides is 3. The van der Waals surface area contributed by atoms with Crippen LogP contribution in [0.1, 0.15) is 23.2 Å². The smallest absolute Gasteiger partial charge is 0.338 e. The molecular formula is C12H14BrF3N4O. The highest BCUT2D eigenvalue weighted by atomic mass is 79.9. The number of amides is 1. The van der Waals surface area contributed by atoms with E-state index in [-0.39, 0.29) is 24.3 Å². The number of nitrogen functional groups attached to an aromatic ring is 1. The second-order valence-corrected chi connectivity index (χ2v) is 5.74. The van der Waals surface area contributed by atoms with Crippen LogP contribution in [0, 0.1) is 5.92 Å². The van der Waals surface area contributed by atoms with Crippen molar-refractivity contribution in [3.63, 3.8) is 0 Å². The summed E-state index contributed by atoms with van der Waals surface area (Å²) in [7, 11) is 0. The summed E-state index contributed by atoms with van der Waals surface area (Å²) in [6, 6.07) is 1.49. The van der Waals surface area contributed by atoms with Crippen LogP contribution < -0.4 is 11.3 Å². The predicted octanol–water partition coefficient (Wildman–Crippen LogP) is 2.54. The number of nitrogens with zero attached hydrogens (tertiary/aromatic N) is 2. The van der Waals surface area contributed by atoms with E-state index in [1.165, 1.54) is 17.2 Å². The van der Waals surface area contributed by atoms with Gasteiger partial charge in [0.2, 0.25) is 0 Å². The van der Waals surface area contributed by atoms with Crippen molar-refractivity contribution >= 4 is 27.7 Å². The lowest BCUT2D eigenvalue weighted by molar-refractivity contribution is -0.184. The molecule has 2 rings (SSSR count). The monoisotopic (exact) mass is 366 g/mol. The van der Waals surface area contributed by atoms with Crippen LogP contribution in [0.5, 0.6) is 0 Å². The molecule has 1 aliphatic rings. The van der Waals surface area contributed by atoms with Crippen LogP contribution in [-0.2, 0) is 0 Å². The summed E-state index contributed by atoms with van der Waals surface area (Å²) >= 11 is 3.18. The summed E-state index contributed by atoms with van der Waals surface area (Å²) in [6.45, 7) is -0.0409. The van der Waals surface area contributed by atoms with Crippen molar-refractivity contribution in [3.05, 3.63) is 22.3 Å². The number of piperidine rings is 1. The Bertz CT molecular complexity index is 538. The molecule has 1 aromatic rings. The zero-order valence-electron chi connectivity index (χ0n) is 11.0. The van der Waals surface area contributed by atoms with E-state index in [9.17, 15) is 18.0 Å². The quantitative estimate of drug-likeness (QED) is 0.623. The maximum absolute atomic E-state index is 12.8. The fraction of sp³-hybridized carbons (Fsp3) is 0.500. The normalized spacial score (nSPS) is 19.5. The Balaban J connectivity index is 2.22. The number of anilines is 1. The number of hydrazine groups is 1. The number of carbonyl (C=O) groups is 1. The standard InChI is InChI=1S/C12H14BrF3N4O/c13-8-4-9(10(19-17)18-5-8)11(21)20-3-1-2-7(6-20)12(14,15)16/h4-5,7H,1-3,6,17H2,(H,18,19). The highest BCUT2D eigenvalue weighted by Gasteiger charge is 2.43. The molecular weight excluding hydrogens is 353 g/mol. The maximum atomic E-state index is 12.8. The van der Waals surface area contributed by atoms with E-state index in [0.717, 1.165) is 0 Å². The van der Waals surface area contributed by atoms with Crippen molar-refractivity contribution in [1.82, 2.24) is 9.88 Å². The van der Waals surface area contributed by atoms with Crippen molar-refractivity contribution in [3.8, 4) is 0 Å². The van der Waals surface area contributed by atoms with Gasteiger partial charge in [-0.3, -0.25) is 4.79 Å². The number of halogens is 4. The molecule has 9 heteroatoms. The fourth-order valence-electron chi connectivity index (χ4n) is 2.32. The minimum absolute atomic E-state index is 0.0476. The number of aromatic nitrogens is 1. The topological polar surface area (TPSA) is 71.2 Å². The fourth-order valence-corrected chi connectivity index (χ4v) is 2.65. The van der Waals surface area contributed by atoms with Gasteiger partial charge in [-0.05, 0) is 34.8 Å². The molecule has 1 aliphatic heterocycles. The van der Waals surface area contributed by atoms with E-state index in [1.54, 1.807) is 0 Å². The van der Waals surface area contributed by atoms with Crippen LogP contribution >= 0.6 is 15.9 Å². The number of rotatable bonds is 2. The zero-order chi connectivity index (χ0) is 15.6. The molecule has 3 N–H and O–H groups in total. The van der Waals surface area contributed by atoms with Crippen LogP contribution in [0.25, 0.3) is 0 Å².